The molecule has 2 atom stereocenters. The third kappa shape index (κ3) is 5.43. The van der Waals surface area contributed by atoms with Gasteiger partial charge in [-0.3, -0.25) is 0 Å². The summed E-state index contributed by atoms with van der Waals surface area (Å²) in [6.45, 7) is 15.2. The van der Waals surface area contributed by atoms with Crippen molar-refractivity contribution in [3.05, 3.63) is 0 Å². The van der Waals surface area contributed by atoms with E-state index in [2.05, 4.69) is 30.6 Å². The van der Waals surface area contributed by atoms with Gasteiger partial charge in [0, 0.05) is 19.6 Å². The zero-order valence-electron chi connectivity index (χ0n) is 13.4. The minimum Gasteiger partial charge on any atom is -0.303 e. The van der Waals surface area contributed by atoms with Crippen molar-refractivity contribution in [1.29, 1.82) is 0 Å². The van der Waals surface area contributed by atoms with Gasteiger partial charge in [-0.1, -0.05) is 27.2 Å². The first kappa shape index (κ1) is 15.3. The molecule has 2 heteroatoms. The highest BCUT2D eigenvalue weighted by Gasteiger charge is 2.25. The number of hydrogen-bond donors (Lipinski definition) is 0. The summed E-state index contributed by atoms with van der Waals surface area (Å²) in [5.74, 6) is 2.69. The van der Waals surface area contributed by atoms with Gasteiger partial charge in [-0.05, 0) is 63.1 Å². The maximum atomic E-state index is 2.70. The molecule has 2 unspecified atom stereocenters. The molecule has 0 aromatic rings. The Balaban J connectivity index is 1.64. The molecule has 0 aromatic carbocycles. The molecule has 0 aliphatic carbocycles. The van der Waals surface area contributed by atoms with Crippen molar-refractivity contribution < 1.29 is 0 Å². The van der Waals surface area contributed by atoms with Crippen LogP contribution in [0.15, 0.2) is 0 Å². The number of hydrogen-bond acceptors (Lipinski definition) is 2. The van der Waals surface area contributed by atoms with Gasteiger partial charge in [0.1, 0.15) is 0 Å². The molecule has 0 spiro atoms. The van der Waals surface area contributed by atoms with E-state index in [1.807, 2.05) is 0 Å². The maximum Gasteiger partial charge on any atom is 0.00104 e. The van der Waals surface area contributed by atoms with E-state index in [0.717, 1.165) is 17.8 Å². The Morgan fingerprint density at radius 2 is 1.63 bits per heavy atom. The first-order valence-electron chi connectivity index (χ1n) is 8.58. The summed E-state index contributed by atoms with van der Waals surface area (Å²) in [6, 6.07) is 0. The van der Waals surface area contributed by atoms with Crippen LogP contribution in [0.5, 0.6) is 0 Å². The van der Waals surface area contributed by atoms with Crippen LogP contribution in [-0.4, -0.2) is 49.1 Å². The summed E-state index contributed by atoms with van der Waals surface area (Å²) >= 11 is 0. The molecule has 2 fully saturated rings. The third-order valence-corrected chi connectivity index (χ3v) is 4.75. The lowest BCUT2D eigenvalue weighted by molar-refractivity contribution is 0.186. The topological polar surface area (TPSA) is 6.48 Å². The maximum absolute atomic E-state index is 2.70. The van der Waals surface area contributed by atoms with Crippen LogP contribution in [-0.2, 0) is 0 Å². The fourth-order valence-corrected chi connectivity index (χ4v) is 4.01. The molecule has 2 heterocycles. The second-order valence-corrected chi connectivity index (χ2v) is 7.51. The Hall–Kier alpha value is -0.0800. The molecule has 0 bridgehead atoms. The van der Waals surface area contributed by atoms with E-state index in [0.29, 0.717) is 0 Å². The first-order chi connectivity index (χ1) is 9.13. The van der Waals surface area contributed by atoms with Crippen molar-refractivity contribution in [2.45, 2.75) is 52.9 Å². The fourth-order valence-electron chi connectivity index (χ4n) is 4.01. The van der Waals surface area contributed by atoms with Crippen molar-refractivity contribution in [2.24, 2.45) is 17.8 Å². The van der Waals surface area contributed by atoms with Crippen LogP contribution in [0.4, 0.5) is 0 Å². The molecular formula is C17H34N2. The molecule has 0 aromatic heterocycles. The number of likely N-dealkylation sites (tertiary alicyclic amines) is 2. The van der Waals surface area contributed by atoms with Gasteiger partial charge in [0.15, 0.2) is 0 Å². The normalized spacial score (nSPS) is 28.1. The van der Waals surface area contributed by atoms with Gasteiger partial charge in [-0.2, -0.15) is 0 Å². The highest BCUT2D eigenvalue weighted by atomic mass is 15.1. The molecule has 0 N–H and O–H groups in total. The smallest absolute Gasteiger partial charge is 0.00104 e. The SMILES string of the molecule is CC(C)CN1CCC(CC(C)CN2CCCCC2)C1. The molecule has 0 saturated carbocycles. The zero-order valence-corrected chi connectivity index (χ0v) is 13.4. The van der Waals surface area contributed by atoms with E-state index in [9.17, 15) is 0 Å². The van der Waals surface area contributed by atoms with Crippen molar-refractivity contribution in [3.8, 4) is 0 Å². The first-order valence-corrected chi connectivity index (χ1v) is 8.58. The van der Waals surface area contributed by atoms with Crippen molar-refractivity contribution in [1.82, 2.24) is 9.80 Å². The predicted molar refractivity (Wildman–Crippen MR) is 83.5 cm³/mol. The zero-order chi connectivity index (χ0) is 13.7. The number of piperidine rings is 1. The largest absolute Gasteiger partial charge is 0.303 e. The van der Waals surface area contributed by atoms with Gasteiger partial charge in [0.2, 0.25) is 0 Å². The lowest BCUT2D eigenvalue weighted by Gasteiger charge is -2.30. The fraction of sp³-hybridized carbons (Fsp3) is 1.00. The number of nitrogens with zero attached hydrogens (tertiary/aromatic N) is 2. The molecule has 0 amide bonds. The van der Waals surface area contributed by atoms with Gasteiger partial charge >= 0.3 is 0 Å². The van der Waals surface area contributed by atoms with Crippen LogP contribution in [0.1, 0.15) is 52.9 Å². The quantitative estimate of drug-likeness (QED) is 0.726. The van der Waals surface area contributed by atoms with Crippen molar-refractivity contribution in [2.75, 3.05) is 39.3 Å². The predicted octanol–water partition coefficient (Wildman–Crippen LogP) is 3.48. The molecule has 2 rings (SSSR count). The summed E-state index contributed by atoms with van der Waals surface area (Å²) in [5, 5.41) is 0. The van der Waals surface area contributed by atoms with Crippen LogP contribution < -0.4 is 0 Å². The van der Waals surface area contributed by atoms with Crippen LogP contribution >= 0.6 is 0 Å². The van der Waals surface area contributed by atoms with Crippen LogP contribution in [0.25, 0.3) is 0 Å². The second-order valence-electron chi connectivity index (χ2n) is 7.51. The second kappa shape index (κ2) is 7.64. The van der Waals surface area contributed by atoms with Crippen LogP contribution in [0, 0.1) is 17.8 Å². The van der Waals surface area contributed by atoms with Gasteiger partial charge in [-0.25, -0.2) is 0 Å². The van der Waals surface area contributed by atoms with E-state index in [1.54, 1.807) is 0 Å². The Bertz CT molecular complexity index is 246. The standard InChI is InChI=1S/C17H34N2/c1-15(2)12-19-10-7-17(14-19)11-16(3)13-18-8-5-4-6-9-18/h15-17H,4-14H2,1-3H3. The van der Waals surface area contributed by atoms with E-state index < -0.39 is 0 Å². The molecule has 2 saturated heterocycles. The van der Waals surface area contributed by atoms with Crippen LogP contribution in [0.2, 0.25) is 0 Å². The van der Waals surface area contributed by atoms with Gasteiger partial charge in [-0.15, -0.1) is 0 Å². The summed E-state index contributed by atoms with van der Waals surface area (Å²) in [6.07, 6.45) is 7.20. The van der Waals surface area contributed by atoms with Crippen molar-refractivity contribution in [3.63, 3.8) is 0 Å². The molecule has 0 radical (unpaired) electrons. The summed E-state index contributed by atoms with van der Waals surface area (Å²) < 4.78 is 0. The lowest BCUT2D eigenvalue weighted by Crippen LogP contribution is -2.34. The Morgan fingerprint density at radius 1 is 0.895 bits per heavy atom. The molecular weight excluding hydrogens is 232 g/mol. The Labute approximate surface area is 120 Å². The van der Waals surface area contributed by atoms with Gasteiger partial charge < -0.3 is 9.80 Å². The van der Waals surface area contributed by atoms with Gasteiger partial charge in [0.05, 0.1) is 0 Å². The molecule has 19 heavy (non-hydrogen) atoms. The monoisotopic (exact) mass is 266 g/mol. The minimum absolute atomic E-state index is 0.824. The average Bonchev–Trinajstić information content (AvgIpc) is 2.76. The minimum atomic E-state index is 0.824. The molecule has 2 aliphatic rings. The summed E-state index contributed by atoms with van der Waals surface area (Å²) in [5.41, 5.74) is 0. The molecule has 112 valence electrons. The lowest BCUT2D eigenvalue weighted by atomic mass is 9.94. The summed E-state index contributed by atoms with van der Waals surface area (Å²) in [7, 11) is 0. The van der Waals surface area contributed by atoms with E-state index in [4.69, 9.17) is 0 Å². The van der Waals surface area contributed by atoms with E-state index in [-0.39, 0.29) is 0 Å². The highest BCUT2D eigenvalue weighted by molar-refractivity contribution is 4.79. The molecule has 2 aliphatic heterocycles. The Kier molecular flexibility index (Phi) is 6.15. The van der Waals surface area contributed by atoms with Gasteiger partial charge in [0.25, 0.3) is 0 Å². The summed E-state index contributed by atoms with van der Waals surface area (Å²) in [4.78, 5) is 5.39. The highest BCUT2D eigenvalue weighted by Crippen LogP contribution is 2.25. The van der Waals surface area contributed by atoms with E-state index in [1.165, 1.54) is 71.4 Å². The van der Waals surface area contributed by atoms with Crippen molar-refractivity contribution >= 4 is 0 Å². The van der Waals surface area contributed by atoms with Crippen LogP contribution in [0.3, 0.4) is 0 Å². The number of rotatable bonds is 6. The third-order valence-electron chi connectivity index (χ3n) is 4.75. The Morgan fingerprint density at radius 3 is 2.32 bits per heavy atom. The average molecular weight is 266 g/mol. The van der Waals surface area contributed by atoms with E-state index >= 15 is 0 Å². The molecule has 2 nitrogen and oxygen atoms in total.